The monoisotopic (exact) mass is 191 g/mol. The average molecular weight is 191 g/mol. The summed E-state index contributed by atoms with van der Waals surface area (Å²) in [5.74, 6) is 0.176. The third kappa shape index (κ3) is 2.17. The van der Waals surface area contributed by atoms with E-state index in [9.17, 15) is 4.79 Å². The first-order valence-electron chi connectivity index (χ1n) is 4.89. The summed E-state index contributed by atoms with van der Waals surface area (Å²) in [7, 11) is 0. The molecule has 1 unspecified atom stereocenters. The molecule has 1 atom stereocenters. The molecule has 0 aromatic carbocycles. The smallest absolute Gasteiger partial charge is 0.165 e. The van der Waals surface area contributed by atoms with E-state index in [-0.39, 0.29) is 11.9 Å². The van der Waals surface area contributed by atoms with E-state index in [4.69, 9.17) is 4.74 Å². The van der Waals surface area contributed by atoms with E-state index in [1.165, 1.54) is 0 Å². The lowest BCUT2D eigenvalue weighted by atomic mass is 10.1. The summed E-state index contributed by atoms with van der Waals surface area (Å²) in [5.41, 5.74) is 0.966. The highest BCUT2D eigenvalue weighted by Gasteiger charge is 2.23. The first-order chi connectivity index (χ1) is 6.86. The van der Waals surface area contributed by atoms with Crippen LogP contribution < -0.4 is 0 Å². The molecule has 0 amide bonds. The molecule has 14 heavy (non-hydrogen) atoms. The van der Waals surface area contributed by atoms with Gasteiger partial charge in [-0.1, -0.05) is 6.07 Å². The first-order valence-corrected chi connectivity index (χ1v) is 4.89. The van der Waals surface area contributed by atoms with Crippen molar-refractivity contribution in [2.24, 2.45) is 0 Å². The van der Waals surface area contributed by atoms with Gasteiger partial charge in [-0.05, 0) is 24.5 Å². The Labute approximate surface area is 83.1 Å². The largest absolute Gasteiger partial charge is 0.370 e. The lowest BCUT2D eigenvalue weighted by molar-refractivity contribution is -0.127. The van der Waals surface area contributed by atoms with Crippen LogP contribution in [0.5, 0.6) is 0 Å². The number of carbonyl (C=O) groups is 1. The summed E-state index contributed by atoms with van der Waals surface area (Å²) in [6.45, 7) is 0.726. The molecule has 1 aliphatic rings. The van der Waals surface area contributed by atoms with Crippen molar-refractivity contribution in [3.63, 3.8) is 0 Å². The van der Waals surface area contributed by atoms with Gasteiger partial charge in [-0.25, -0.2) is 0 Å². The van der Waals surface area contributed by atoms with Gasteiger partial charge >= 0.3 is 0 Å². The summed E-state index contributed by atoms with van der Waals surface area (Å²) < 4.78 is 5.32. The maximum atomic E-state index is 11.7. The molecule has 0 radical (unpaired) electrons. The molecule has 3 nitrogen and oxygen atoms in total. The SMILES string of the molecule is O=C(Cc1cccnc1)C1CCCO1. The van der Waals surface area contributed by atoms with Gasteiger partial charge in [0.05, 0.1) is 0 Å². The number of rotatable bonds is 3. The van der Waals surface area contributed by atoms with E-state index >= 15 is 0 Å². The first kappa shape index (κ1) is 9.34. The highest BCUT2D eigenvalue weighted by molar-refractivity contribution is 5.85. The van der Waals surface area contributed by atoms with E-state index in [2.05, 4.69) is 4.98 Å². The van der Waals surface area contributed by atoms with Gasteiger partial charge in [-0.15, -0.1) is 0 Å². The molecular weight excluding hydrogens is 178 g/mol. The second kappa shape index (κ2) is 4.33. The number of pyridine rings is 1. The van der Waals surface area contributed by atoms with Crippen LogP contribution in [0.3, 0.4) is 0 Å². The Balaban J connectivity index is 1.94. The highest BCUT2D eigenvalue weighted by atomic mass is 16.5. The molecule has 3 heteroatoms. The number of Topliss-reactive ketones (excluding diaryl/α,β-unsaturated/α-hetero) is 1. The van der Waals surface area contributed by atoms with Crippen molar-refractivity contribution in [3.8, 4) is 0 Å². The zero-order valence-corrected chi connectivity index (χ0v) is 7.98. The number of carbonyl (C=O) groups excluding carboxylic acids is 1. The predicted octanol–water partition coefficient (Wildman–Crippen LogP) is 1.37. The second-order valence-corrected chi connectivity index (χ2v) is 3.51. The lowest BCUT2D eigenvalue weighted by Gasteiger charge is -2.07. The Morgan fingerprint density at radius 1 is 1.64 bits per heavy atom. The van der Waals surface area contributed by atoms with Crippen LogP contribution in [0.25, 0.3) is 0 Å². The minimum atomic E-state index is -0.171. The minimum absolute atomic E-state index is 0.171. The third-order valence-corrected chi connectivity index (χ3v) is 2.39. The number of hydrogen-bond donors (Lipinski definition) is 0. The van der Waals surface area contributed by atoms with Crippen molar-refractivity contribution in [3.05, 3.63) is 30.1 Å². The molecule has 0 N–H and O–H groups in total. The van der Waals surface area contributed by atoms with Gasteiger partial charge in [0.25, 0.3) is 0 Å². The number of nitrogens with zero attached hydrogens (tertiary/aromatic N) is 1. The molecule has 0 aliphatic carbocycles. The fourth-order valence-electron chi connectivity index (χ4n) is 1.65. The third-order valence-electron chi connectivity index (χ3n) is 2.39. The molecule has 0 saturated carbocycles. The van der Waals surface area contributed by atoms with Crippen LogP contribution in [0.15, 0.2) is 24.5 Å². The van der Waals surface area contributed by atoms with Crippen LogP contribution in [-0.4, -0.2) is 23.5 Å². The lowest BCUT2D eigenvalue weighted by Crippen LogP contribution is -2.21. The average Bonchev–Trinajstić information content (AvgIpc) is 2.72. The Bertz CT molecular complexity index is 304. The molecule has 1 saturated heterocycles. The standard InChI is InChI=1S/C11H13NO2/c13-10(11-4-2-6-14-11)7-9-3-1-5-12-8-9/h1,3,5,8,11H,2,4,6-7H2. The van der Waals surface area contributed by atoms with Gasteiger partial charge in [0.15, 0.2) is 5.78 Å². The quantitative estimate of drug-likeness (QED) is 0.724. The van der Waals surface area contributed by atoms with Crippen molar-refractivity contribution in [1.29, 1.82) is 0 Å². The minimum Gasteiger partial charge on any atom is -0.370 e. The number of ether oxygens (including phenoxy) is 1. The van der Waals surface area contributed by atoms with E-state index in [1.54, 1.807) is 12.4 Å². The van der Waals surface area contributed by atoms with E-state index in [1.807, 2.05) is 12.1 Å². The molecule has 1 aromatic heterocycles. The van der Waals surface area contributed by atoms with Gasteiger partial charge in [0, 0.05) is 25.4 Å². The van der Waals surface area contributed by atoms with Gasteiger partial charge in [-0.3, -0.25) is 9.78 Å². The van der Waals surface area contributed by atoms with E-state index in [0.29, 0.717) is 6.42 Å². The summed E-state index contributed by atoms with van der Waals surface area (Å²) in [5, 5.41) is 0. The summed E-state index contributed by atoms with van der Waals surface area (Å²) in [6, 6.07) is 3.76. The summed E-state index contributed by atoms with van der Waals surface area (Å²) in [6.07, 6.45) is 5.59. The Morgan fingerprint density at radius 2 is 2.57 bits per heavy atom. The molecule has 1 fully saturated rings. The van der Waals surface area contributed by atoms with Crippen LogP contribution in [0.2, 0.25) is 0 Å². The van der Waals surface area contributed by atoms with Crippen molar-refractivity contribution in [1.82, 2.24) is 4.98 Å². The van der Waals surface area contributed by atoms with Crippen molar-refractivity contribution >= 4 is 5.78 Å². The number of aromatic nitrogens is 1. The molecule has 2 rings (SSSR count). The normalized spacial score (nSPS) is 21.0. The molecule has 1 aliphatic heterocycles. The maximum absolute atomic E-state index is 11.7. The molecule has 1 aromatic rings. The van der Waals surface area contributed by atoms with Crippen LogP contribution >= 0.6 is 0 Å². The van der Waals surface area contributed by atoms with Crippen LogP contribution in [0.4, 0.5) is 0 Å². The van der Waals surface area contributed by atoms with Gasteiger partial charge in [0.2, 0.25) is 0 Å². The Hall–Kier alpha value is -1.22. The summed E-state index contributed by atoms with van der Waals surface area (Å²) >= 11 is 0. The second-order valence-electron chi connectivity index (χ2n) is 3.51. The highest BCUT2D eigenvalue weighted by Crippen LogP contribution is 2.14. The zero-order valence-electron chi connectivity index (χ0n) is 7.98. The molecule has 74 valence electrons. The molecule has 0 spiro atoms. The maximum Gasteiger partial charge on any atom is 0.165 e. The topological polar surface area (TPSA) is 39.2 Å². The fourth-order valence-corrected chi connectivity index (χ4v) is 1.65. The van der Waals surface area contributed by atoms with E-state index in [0.717, 1.165) is 25.0 Å². The van der Waals surface area contributed by atoms with Crippen LogP contribution in [0, 0.1) is 0 Å². The fraction of sp³-hybridized carbons (Fsp3) is 0.455. The Kier molecular flexibility index (Phi) is 2.89. The van der Waals surface area contributed by atoms with Crippen LogP contribution in [-0.2, 0) is 16.0 Å². The molecule has 2 heterocycles. The molecule has 0 bridgehead atoms. The zero-order chi connectivity index (χ0) is 9.80. The van der Waals surface area contributed by atoms with Crippen molar-refractivity contribution in [2.75, 3.05) is 6.61 Å². The van der Waals surface area contributed by atoms with Crippen LogP contribution in [0.1, 0.15) is 18.4 Å². The van der Waals surface area contributed by atoms with E-state index < -0.39 is 0 Å². The number of hydrogen-bond acceptors (Lipinski definition) is 3. The predicted molar refractivity (Wildman–Crippen MR) is 51.9 cm³/mol. The Morgan fingerprint density at radius 3 is 3.21 bits per heavy atom. The summed E-state index contributed by atoms with van der Waals surface area (Å²) in [4.78, 5) is 15.6. The number of ketones is 1. The van der Waals surface area contributed by atoms with Crippen molar-refractivity contribution in [2.45, 2.75) is 25.4 Å². The van der Waals surface area contributed by atoms with Crippen molar-refractivity contribution < 1.29 is 9.53 Å². The molecular formula is C11H13NO2. The van der Waals surface area contributed by atoms with Gasteiger partial charge in [-0.2, -0.15) is 0 Å². The van der Waals surface area contributed by atoms with Gasteiger partial charge < -0.3 is 4.74 Å². The van der Waals surface area contributed by atoms with Gasteiger partial charge in [0.1, 0.15) is 6.10 Å².